The van der Waals surface area contributed by atoms with E-state index in [1.54, 1.807) is 24.1 Å². The summed E-state index contributed by atoms with van der Waals surface area (Å²) in [6.45, 7) is 4.65. The van der Waals surface area contributed by atoms with E-state index in [0.29, 0.717) is 34.4 Å². The lowest BCUT2D eigenvalue weighted by atomic mass is 10.1. The van der Waals surface area contributed by atoms with Gasteiger partial charge < -0.3 is 10.1 Å². The number of anilines is 2. The third kappa shape index (κ3) is 3.66. The summed E-state index contributed by atoms with van der Waals surface area (Å²) in [6, 6.07) is 7.21. The highest BCUT2D eigenvalue weighted by molar-refractivity contribution is 7.18. The van der Waals surface area contributed by atoms with E-state index in [0.717, 1.165) is 12.1 Å². The summed E-state index contributed by atoms with van der Waals surface area (Å²) < 4.78 is 5.18. The number of nitrogens with zero attached hydrogens (tertiary/aromatic N) is 2. The van der Waals surface area contributed by atoms with E-state index in [1.165, 1.54) is 11.3 Å². The summed E-state index contributed by atoms with van der Waals surface area (Å²) in [5.41, 5.74) is 1.38. The maximum atomic E-state index is 12.8. The lowest BCUT2D eigenvalue weighted by molar-refractivity contribution is -0.117. The van der Waals surface area contributed by atoms with Crippen molar-refractivity contribution in [3.63, 3.8) is 0 Å². The molecule has 0 atom stereocenters. The average Bonchev–Trinajstić information content (AvgIpc) is 3.21. The number of hydrogen-bond acceptors (Lipinski definition) is 5. The van der Waals surface area contributed by atoms with Crippen molar-refractivity contribution < 1.29 is 14.3 Å². The number of hydrogen-bond donors (Lipinski definition) is 1. The Balaban J connectivity index is 1.88. The molecule has 0 unspecified atom stereocenters. The molecule has 2 aromatic rings. The number of thiazole rings is 1. The van der Waals surface area contributed by atoms with E-state index >= 15 is 0 Å². The van der Waals surface area contributed by atoms with Crippen molar-refractivity contribution in [3.05, 3.63) is 34.8 Å². The first-order valence-electron chi connectivity index (χ1n) is 8.26. The van der Waals surface area contributed by atoms with Gasteiger partial charge in [-0.15, -0.1) is 0 Å². The Hall–Kier alpha value is -2.41. The molecule has 132 valence electrons. The lowest BCUT2D eigenvalue weighted by Gasteiger charge is -2.10. The van der Waals surface area contributed by atoms with Crippen LogP contribution in [0.5, 0.6) is 5.75 Å². The first-order chi connectivity index (χ1) is 12.0. The van der Waals surface area contributed by atoms with Gasteiger partial charge in [0.05, 0.1) is 12.8 Å². The Kier molecular flexibility index (Phi) is 5.03. The molecule has 0 bridgehead atoms. The lowest BCUT2D eigenvalue weighted by Crippen LogP contribution is -2.23. The Bertz CT molecular complexity index is 801. The molecule has 3 rings (SSSR count). The van der Waals surface area contributed by atoms with Crippen molar-refractivity contribution in [2.24, 2.45) is 0 Å². The molecule has 1 saturated heterocycles. The van der Waals surface area contributed by atoms with E-state index in [1.807, 2.05) is 26.0 Å². The number of carbonyl (C=O) groups excluding carboxylic acids is 2. The van der Waals surface area contributed by atoms with Gasteiger partial charge in [0.1, 0.15) is 10.6 Å². The minimum absolute atomic E-state index is 0.0730. The van der Waals surface area contributed by atoms with Gasteiger partial charge in [-0.1, -0.05) is 31.3 Å². The smallest absolute Gasteiger partial charge is 0.267 e. The average molecular weight is 359 g/mol. The minimum atomic E-state index is -0.215. The molecule has 6 nitrogen and oxygen atoms in total. The highest BCUT2D eigenvalue weighted by Crippen LogP contribution is 2.33. The molecule has 1 aliphatic heterocycles. The molecule has 2 heterocycles. The second kappa shape index (κ2) is 7.23. The van der Waals surface area contributed by atoms with Crippen molar-refractivity contribution in [2.45, 2.75) is 32.6 Å². The zero-order valence-electron chi connectivity index (χ0n) is 14.5. The number of aromatic nitrogens is 1. The van der Waals surface area contributed by atoms with Gasteiger partial charge in [0.15, 0.2) is 5.13 Å². The highest BCUT2D eigenvalue weighted by Gasteiger charge is 2.28. The molecule has 1 aromatic carbocycles. The predicted octanol–water partition coefficient (Wildman–Crippen LogP) is 3.65. The van der Waals surface area contributed by atoms with Crippen LogP contribution in [0.25, 0.3) is 0 Å². The van der Waals surface area contributed by atoms with Crippen LogP contribution < -0.4 is 15.0 Å². The number of amides is 2. The van der Waals surface area contributed by atoms with E-state index in [2.05, 4.69) is 10.3 Å². The normalized spacial score (nSPS) is 14.2. The fourth-order valence-corrected chi connectivity index (χ4v) is 3.89. The van der Waals surface area contributed by atoms with Crippen molar-refractivity contribution in [1.82, 2.24) is 4.98 Å². The standard InChI is InChI=1S/C18H21N3O3S/c1-11(2)15-16(25-18(20-15)21-9-5-8-14(21)22)17(23)19-12-6-4-7-13(10-12)24-3/h4,6-7,10-11H,5,8-9H2,1-3H3,(H,19,23). The van der Waals surface area contributed by atoms with Crippen LogP contribution in [-0.2, 0) is 4.79 Å². The number of ether oxygens (including phenoxy) is 1. The second-order valence-corrected chi connectivity index (χ2v) is 7.18. The van der Waals surface area contributed by atoms with Gasteiger partial charge in [0, 0.05) is 24.7 Å². The van der Waals surface area contributed by atoms with Crippen molar-refractivity contribution >= 4 is 34.0 Å². The zero-order valence-corrected chi connectivity index (χ0v) is 15.4. The van der Waals surface area contributed by atoms with Crippen LogP contribution in [0, 0.1) is 0 Å². The third-order valence-electron chi connectivity index (χ3n) is 4.03. The topological polar surface area (TPSA) is 71.5 Å². The molecule has 1 aromatic heterocycles. The Morgan fingerprint density at radius 1 is 1.40 bits per heavy atom. The van der Waals surface area contributed by atoms with Crippen molar-refractivity contribution in [1.29, 1.82) is 0 Å². The summed E-state index contributed by atoms with van der Waals surface area (Å²) in [6.07, 6.45) is 1.38. The molecule has 0 aliphatic carbocycles. The predicted molar refractivity (Wildman–Crippen MR) is 98.7 cm³/mol. The fourth-order valence-electron chi connectivity index (χ4n) is 2.73. The molecule has 7 heteroatoms. The van der Waals surface area contributed by atoms with Gasteiger partial charge in [0.25, 0.3) is 5.91 Å². The highest BCUT2D eigenvalue weighted by atomic mass is 32.1. The number of benzene rings is 1. The van der Waals surface area contributed by atoms with Crippen LogP contribution in [0.3, 0.4) is 0 Å². The van der Waals surface area contributed by atoms with Gasteiger partial charge in [-0.05, 0) is 24.5 Å². The molecule has 0 radical (unpaired) electrons. The van der Waals surface area contributed by atoms with E-state index in [9.17, 15) is 9.59 Å². The molecular weight excluding hydrogens is 338 g/mol. The molecule has 1 aliphatic rings. The molecular formula is C18H21N3O3S. The molecule has 1 fully saturated rings. The van der Waals surface area contributed by atoms with E-state index in [4.69, 9.17) is 4.74 Å². The Labute approximate surface area is 150 Å². The Morgan fingerprint density at radius 2 is 2.20 bits per heavy atom. The number of methoxy groups -OCH3 is 1. The largest absolute Gasteiger partial charge is 0.497 e. The van der Waals surface area contributed by atoms with Crippen molar-refractivity contribution in [2.75, 3.05) is 23.9 Å². The van der Waals surface area contributed by atoms with E-state index < -0.39 is 0 Å². The second-order valence-electron chi connectivity index (χ2n) is 6.20. The Morgan fingerprint density at radius 3 is 2.84 bits per heavy atom. The summed E-state index contributed by atoms with van der Waals surface area (Å²) in [7, 11) is 1.58. The van der Waals surface area contributed by atoms with Crippen LogP contribution in [0.2, 0.25) is 0 Å². The first-order valence-corrected chi connectivity index (χ1v) is 9.07. The third-order valence-corrected chi connectivity index (χ3v) is 5.12. The van der Waals surface area contributed by atoms with Crippen molar-refractivity contribution in [3.8, 4) is 5.75 Å². The van der Waals surface area contributed by atoms with Gasteiger partial charge in [-0.2, -0.15) is 0 Å². The molecule has 2 amide bonds. The van der Waals surface area contributed by atoms with Gasteiger partial charge in [-0.25, -0.2) is 4.98 Å². The first kappa shape index (κ1) is 17.4. The fraction of sp³-hybridized carbons (Fsp3) is 0.389. The SMILES string of the molecule is COc1cccc(NC(=O)c2sc(N3CCCC3=O)nc2C(C)C)c1. The van der Waals surface area contributed by atoms with Crippen LogP contribution in [0.4, 0.5) is 10.8 Å². The van der Waals surface area contributed by atoms with Gasteiger partial charge in [-0.3, -0.25) is 14.5 Å². The van der Waals surface area contributed by atoms with Crippen LogP contribution in [0.1, 0.15) is 48.0 Å². The number of rotatable bonds is 5. The monoisotopic (exact) mass is 359 g/mol. The van der Waals surface area contributed by atoms with Crippen LogP contribution in [-0.4, -0.2) is 30.5 Å². The maximum Gasteiger partial charge on any atom is 0.267 e. The summed E-state index contributed by atoms with van der Waals surface area (Å²) in [5, 5.41) is 3.50. The molecule has 0 saturated carbocycles. The number of carbonyl (C=O) groups is 2. The molecule has 25 heavy (non-hydrogen) atoms. The van der Waals surface area contributed by atoms with Gasteiger partial charge in [0.2, 0.25) is 5.91 Å². The summed E-state index contributed by atoms with van der Waals surface area (Å²) in [5.74, 6) is 0.625. The summed E-state index contributed by atoms with van der Waals surface area (Å²) >= 11 is 1.28. The van der Waals surface area contributed by atoms with E-state index in [-0.39, 0.29) is 17.7 Å². The van der Waals surface area contributed by atoms with Crippen LogP contribution in [0.15, 0.2) is 24.3 Å². The molecule has 0 spiro atoms. The maximum absolute atomic E-state index is 12.8. The molecule has 1 N–H and O–H groups in total. The zero-order chi connectivity index (χ0) is 18.0. The summed E-state index contributed by atoms with van der Waals surface area (Å²) in [4.78, 5) is 31.5. The number of nitrogens with one attached hydrogen (secondary N) is 1. The quantitative estimate of drug-likeness (QED) is 0.884. The van der Waals surface area contributed by atoms with Gasteiger partial charge >= 0.3 is 0 Å². The van der Waals surface area contributed by atoms with Crippen LogP contribution >= 0.6 is 11.3 Å². The minimum Gasteiger partial charge on any atom is -0.497 e.